The predicted octanol–water partition coefficient (Wildman–Crippen LogP) is 4.11. The molecule has 0 aliphatic rings. The first-order valence-electron chi connectivity index (χ1n) is 7.76. The summed E-state index contributed by atoms with van der Waals surface area (Å²) in [6.07, 6.45) is 0. The molecule has 0 saturated carbocycles. The van der Waals surface area contributed by atoms with Crippen LogP contribution in [0.25, 0.3) is 0 Å². The van der Waals surface area contributed by atoms with Crippen molar-refractivity contribution >= 4 is 26.0 Å². The van der Waals surface area contributed by atoms with Crippen LogP contribution in [0.15, 0.2) is 57.9 Å². The zero-order valence-electron chi connectivity index (χ0n) is 14.3. The molecular formula is C18H23BrN2O2S. The molecule has 0 aliphatic carbocycles. The fourth-order valence-electron chi connectivity index (χ4n) is 2.48. The largest absolute Gasteiger partial charge is 0.304 e. The van der Waals surface area contributed by atoms with Crippen LogP contribution in [0.3, 0.4) is 0 Å². The Morgan fingerprint density at radius 2 is 1.54 bits per heavy atom. The summed E-state index contributed by atoms with van der Waals surface area (Å²) in [4.78, 5) is 0.309. The summed E-state index contributed by atoms with van der Waals surface area (Å²) in [6.45, 7) is 4.19. The van der Waals surface area contributed by atoms with Crippen LogP contribution in [0.5, 0.6) is 0 Å². The van der Waals surface area contributed by atoms with Crippen LogP contribution in [-0.2, 0) is 10.0 Å². The second-order valence-corrected chi connectivity index (χ2v) is 9.09. The Bertz CT molecular complexity index is 789. The van der Waals surface area contributed by atoms with Crippen LogP contribution in [-0.4, -0.2) is 26.8 Å². The first-order chi connectivity index (χ1) is 11.2. The third-order valence-corrected chi connectivity index (χ3v) is 6.33. The van der Waals surface area contributed by atoms with Gasteiger partial charge in [-0.1, -0.05) is 40.2 Å². The Hall–Kier alpha value is -1.21. The van der Waals surface area contributed by atoms with E-state index in [-0.39, 0.29) is 12.1 Å². The molecule has 0 unspecified atom stereocenters. The highest BCUT2D eigenvalue weighted by molar-refractivity contribution is 9.10. The maximum atomic E-state index is 12.1. The highest BCUT2D eigenvalue weighted by Crippen LogP contribution is 2.23. The molecule has 0 bridgehead atoms. The molecule has 6 heteroatoms. The summed E-state index contributed by atoms with van der Waals surface area (Å²) in [5.74, 6) is 0. The lowest BCUT2D eigenvalue weighted by molar-refractivity contribution is 0.494. The maximum absolute atomic E-state index is 12.1. The molecule has 2 atom stereocenters. The smallest absolute Gasteiger partial charge is 0.242 e. The lowest BCUT2D eigenvalue weighted by Gasteiger charge is -2.21. The van der Waals surface area contributed by atoms with Gasteiger partial charge in [-0.2, -0.15) is 0 Å². The monoisotopic (exact) mass is 410 g/mol. The highest BCUT2D eigenvalue weighted by Gasteiger charge is 2.18. The molecule has 0 saturated heterocycles. The number of benzene rings is 2. The van der Waals surface area contributed by atoms with Crippen molar-refractivity contribution in [2.75, 3.05) is 14.1 Å². The van der Waals surface area contributed by atoms with Gasteiger partial charge in [0.15, 0.2) is 0 Å². The highest BCUT2D eigenvalue weighted by atomic mass is 79.9. The van der Waals surface area contributed by atoms with E-state index in [1.807, 2.05) is 24.3 Å². The summed E-state index contributed by atoms with van der Waals surface area (Å²) < 4.78 is 26.5. The van der Waals surface area contributed by atoms with Gasteiger partial charge in [-0.15, -0.1) is 0 Å². The topological polar surface area (TPSA) is 49.4 Å². The van der Waals surface area contributed by atoms with Crippen molar-refractivity contribution < 1.29 is 8.42 Å². The summed E-state index contributed by atoms with van der Waals surface area (Å²) in [5.41, 5.74) is 2.25. The molecule has 0 aliphatic heterocycles. The second kappa shape index (κ2) is 7.78. The Morgan fingerprint density at radius 3 is 2.08 bits per heavy atom. The zero-order chi connectivity index (χ0) is 17.9. The van der Waals surface area contributed by atoms with Crippen molar-refractivity contribution in [3.05, 3.63) is 64.1 Å². The average Bonchev–Trinajstić information content (AvgIpc) is 2.54. The van der Waals surface area contributed by atoms with E-state index < -0.39 is 10.0 Å². The Morgan fingerprint density at radius 1 is 0.958 bits per heavy atom. The summed E-state index contributed by atoms with van der Waals surface area (Å²) in [6, 6.07) is 15.5. The van der Waals surface area contributed by atoms with Gasteiger partial charge in [-0.3, -0.25) is 0 Å². The number of rotatable bonds is 6. The van der Waals surface area contributed by atoms with Gasteiger partial charge < -0.3 is 5.32 Å². The van der Waals surface area contributed by atoms with Gasteiger partial charge in [0.25, 0.3) is 0 Å². The molecular weight excluding hydrogens is 388 g/mol. The Kier molecular flexibility index (Phi) is 6.20. The molecule has 24 heavy (non-hydrogen) atoms. The Balaban J connectivity index is 2.12. The lowest BCUT2D eigenvalue weighted by Crippen LogP contribution is -2.23. The minimum Gasteiger partial charge on any atom is -0.304 e. The van der Waals surface area contributed by atoms with Gasteiger partial charge in [0.05, 0.1) is 4.90 Å². The van der Waals surface area contributed by atoms with Crippen molar-refractivity contribution in [1.82, 2.24) is 9.62 Å². The van der Waals surface area contributed by atoms with Crippen molar-refractivity contribution in [1.29, 1.82) is 0 Å². The molecule has 2 rings (SSSR count). The van der Waals surface area contributed by atoms with Crippen LogP contribution < -0.4 is 5.32 Å². The molecule has 0 radical (unpaired) electrons. The zero-order valence-corrected chi connectivity index (χ0v) is 16.7. The van der Waals surface area contributed by atoms with Gasteiger partial charge in [-0.05, 0) is 49.2 Å². The molecule has 0 heterocycles. The third kappa shape index (κ3) is 4.45. The van der Waals surface area contributed by atoms with E-state index >= 15 is 0 Å². The fraction of sp³-hybridized carbons (Fsp3) is 0.333. The number of hydrogen-bond acceptors (Lipinski definition) is 3. The van der Waals surface area contributed by atoms with Gasteiger partial charge >= 0.3 is 0 Å². The van der Waals surface area contributed by atoms with Crippen molar-refractivity contribution in [2.24, 2.45) is 0 Å². The average molecular weight is 411 g/mol. The molecule has 0 spiro atoms. The van der Waals surface area contributed by atoms with Crippen LogP contribution in [0.4, 0.5) is 0 Å². The van der Waals surface area contributed by atoms with E-state index in [1.54, 1.807) is 12.1 Å². The van der Waals surface area contributed by atoms with E-state index in [2.05, 4.69) is 47.2 Å². The van der Waals surface area contributed by atoms with E-state index in [0.29, 0.717) is 4.90 Å². The summed E-state index contributed by atoms with van der Waals surface area (Å²) in [7, 11) is -0.313. The van der Waals surface area contributed by atoms with Crippen molar-refractivity contribution in [3.63, 3.8) is 0 Å². The van der Waals surface area contributed by atoms with Crippen LogP contribution >= 0.6 is 15.9 Å². The van der Waals surface area contributed by atoms with Crippen LogP contribution in [0.1, 0.15) is 37.1 Å². The third-order valence-electron chi connectivity index (χ3n) is 4.01. The van der Waals surface area contributed by atoms with Crippen LogP contribution in [0.2, 0.25) is 0 Å². The van der Waals surface area contributed by atoms with Gasteiger partial charge in [0.2, 0.25) is 10.0 Å². The molecule has 0 fully saturated rings. The molecule has 0 aromatic heterocycles. The normalized spacial score (nSPS) is 14.6. The standard InChI is InChI=1S/C18H23BrN2O2S/c1-13(20-14(2)16-6-5-7-17(19)12-16)15-8-10-18(11-9-15)24(22,23)21(3)4/h5-14,20H,1-4H3/t13-,14+/m0/s1. The van der Waals surface area contributed by atoms with E-state index in [1.165, 1.54) is 24.0 Å². The number of hydrogen-bond donors (Lipinski definition) is 1. The number of halogens is 1. The number of nitrogens with one attached hydrogen (secondary N) is 1. The molecule has 130 valence electrons. The molecule has 4 nitrogen and oxygen atoms in total. The van der Waals surface area contributed by atoms with Crippen molar-refractivity contribution in [3.8, 4) is 0 Å². The SMILES string of the molecule is C[C@H](N[C@H](C)c1cccc(Br)c1)c1ccc(S(=O)(=O)N(C)C)cc1. The lowest BCUT2D eigenvalue weighted by atomic mass is 10.0. The van der Waals surface area contributed by atoms with E-state index in [4.69, 9.17) is 0 Å². The second-order valence-electron chi connectivity index (χ2n) is 6.02. The quantitative estimate of drug-likeness (QED) is 0.778. The molecule has 1 N–H and O–H groups in total. The van der Waals surface area contributed by atoms with Gasteiger partial charge in [0.1, 0.15) is 0 Å². The van der Waals surface area contributed by atoms with Gasteiger partial charge in [-0.25, -0.2) is 12.7 Å². The number of nitrogens with zero attached hydrogens (tertiary/aromatic N) is 1. The number of sulfonamides is 1. The van der Waals surface area contributed by atoms with Gasteiger partial charge in [0, 0.05) is 30.7 Å². The Labute approximate surface area is 153 Å². The van der Waals surface area contributed by atoms with Crippen LogP contribution in [0, 0.1) is 0 Å². The first-order valence-corrected chi connectivity index (χ1v) is 9.99. The minimum atomic E-state index is -3.38. The fourth-order valence-corrected chi connectivity index (χ4v) is 3.80. The van der Waals surface area contributed by atoms with E-state index in [0.717, 1.165) is 10.0 Å². The summed E-state index contributed by atoms with van der Waals surface area (Å²) in [5, 5.41) is 3.54. The minimum absolute atomic E-state index is 0.107. The molecule has 2 aromatic rings. The maximum Gasteiger partial charge on any atom is 0.242 e. The predicted molar refractivity (Wildman–Crippen MR) is 101 cm³/mol. The first kappa shape index (κ1) is 19.1. The molecule has 2 aromatic carbocycles. The summed E-state index contributed by atoms with van der Waals surface area (Å²) >= 11 is 3.49. The van der Waals surface area contributed by atoms with Crippen molar-refractivity contribution in [2.45, 2.75) is 30.8 Å². The van der Waals surface area contributed by atoms with E-state index in [9.17, 15) is 8.42 Å². The molecule has 0 amide bonds.